The molecule has 11 aromatic rings. The van der Waals surface area contributed by atoms with Crippen LogP contribution in [0.25, 0.3) is 110 Å². The van der Waals surface area contributed by atoms with Crippen LogP contribution in [0.15, 0.2) is 231 Å². The summed E-state index contributed by atoms with van der Waals surface area (Å²) in [4.78, 5) is 0. The normalized spacial score (nSPS) is 11.4. The Labute approximate surface area is 339 Å². The Morgan fingerprint density at radius 1 is 0.172 bits per heavy atom. The van der Waals surface area contributed by atoms with Gasteiger partial charge in [0, 0.05) is 0 Å². The Balaban J connectivity index is 1.08. The molecule has 270 valence electrons. The molecule has 0 unspecified atom stereocenters. The lowest BCUT2D eigenvalue weighted by Crippen LogP contribution is -1.92. The highest BCUT2D eigenvalue weighted by Gasteiger charge is 2.19. The van der Waals surface area contributed by atoms with Gasteiger partial charge in [-0.25, -0.2) is 0 Å². The maximum atomic E-state index is 2.40. The van der Waals surface area contributed by atoms with Crippen LogP contribution in [0.3, 0.4) is 0 Å². The first-order valence-electron chi connectivity index (χ1n) is 20.1. The summed E-state index contributed by atoms with van der Waals surface area (Å²) < 4.78 is 0. The Kier molecular flexibility index (Phi) is 8.26. The molecule has 0 heterocycles. The molecule has 0 saturated carbocycles. The van der Waals surface area contributed by atoms with Gasteiger partial charge in [-0.1, -0.05) is 206 Å². The minimum atomic E-state index is 1.20. The molecule has 0 aliphatic heterocycles. The minimum absolute atomic E-state index is 1.20. The second kappa shape index (κ2) is 14.2. The molecule has 0 aliphatic carbocycles. The van der Waals surface area contributed by atoms with E-state index in [1.165, 1.54) is 110 Å². The number of fused-ring (bicyclic) bond motifs is 4. The van der Waals surface area contributed by atoms with Crippen LogP contribution in [0.4, 0.5) is 0 Å². The van der Waals surface area contributed by atoms with Gasteiger partial charge in [0.15, 0.2) is 0 Å². The second-order valence-electron chi connectivity index (χ2n) is 15.2. The molecule has 0 nitrogen and oxygen atoms in total. The molecule has 0 bridgehead atoms. The number of hydrogen-bond acceptors (Lipinski definition) is 0. The van der Waals surface area contributed by atoms with E-state index in [4.69, 9.17) is 0 Å². The van der Waals surface area contributed by atoms with Crippen molar-refractivity contribution >= 4 is 43.1 Å². The molecule has 11 aromatic carbocycles. The van der Waals surface area contributed by atoms with E-state index in [0.29, 0.717) is 0 Å². The van der Waals surface area contributed by atoms with Crippen molar-refractivity contribution in [2.24, 2.45) is 0 Å². The van der Waals surface area contributed by atoms with E-state index in [1.807, 2.05) is 0 Å². The molecule has 0 radical (unpaired) electrons. The first kappa shape index (κ1) is 33.8. The zero-order valence-electron chi connectivity index (χ0n) is 31.9. The smallest absolute Gasteiger partial charge is 0.00262 e. The highest BCUT2D eigenvalue weighted by Crippen LogP contribution is 2.46. The lowest BCUT2D eigenvalue weighted by molar-refractivity contribution is 1.59. The maximum absolute atomic E-state index is 2.40. The number of rotatable bonds is 6. The van der Waals surface area contributed by atoms with E-state index in [-0.39, 0.29) is 0 Å². The van der Waals surface area contributed by atoms with Gasteiger partial charge in [-0.2, -0.15) is 0 Å². The molecule has 0 saturated heterocycles. The zero-order chi connectivity index (χ0) is 38.4. The topological polar surface area (TPSA) is 0 Å². The van der Waals surface area contributed by atoms with Gasteiger partial charge in [-0.3, -0.25) is 0 Å². The fourth-order valence-electron chi connectivity index (χ4n) is 9.10. The highest BCUT2D eigenvalue weighted by atomic mass is 14.2. The molecule has 0 spiro atoms. The fraction of sp³-hybridized carbons (Fsp3) is 0. The van der Waals surface area contributed by atoms with E-state index < -0.39 is 0 Å². The van der Waals surface area contributed by atoms with Gasteiger partial charge in [-0.05, 0) is 134 Å². The van der Waals surface area contributed by atoms with Crippen molar-refractivity contribution in [1.82, 2.24) is 0 Å². The van der Waals surface area contributed by atoms with Crippen molar-refractivity contribution < 1.29 is 0 Å². The van der Waals surface area contributed by atoms with Gasteiger partial charge in [0.2, 0.25) is 0 Å². The molecule has 0 N–H and O–H groups in total. The van der Waals surface area contributed by atoms with Crippen LogP contribution in [0, 0.1) is 0 Å². The quantitative estimate of drug-likeness (QED) is 0.149. The largest absolute Gasteiger partial charge is 0.0622 e. The van der Waals surface area contributed by atoms with Crippen molar-refractivity contribution in [2.75, 3.05) is 0 Å². The van der Waals surface area contributed by atoms with Crippen LogP contribution < -0.4 is 0 Å². The van der Waals surface area contributed by atoms with E-state index in [2.05, 4.69) is 231 Å². The molecule has 0 aliphatic rings. The van der Waals surface area contributed by atoms with Crippen LogP contribution >= 0.6 is 0 Å². The molecular weight excluding hydrogens is 697 g/mol. The van der Waals surface area contributed by atoms with Gasteiger partial charge in [0.25, 0.3) is 0 Å². The number of hydrogen-bond donors (Lipinski definition) is 0. The van der Waals surface area contributed by atoms with Gasteiger partial charge >= 0.3 is 0 Å². The summed E-state index contributed by atoms with van der Waals surface area (Å²) in [6, 6.07) is 84.5. The first-order valence-corrected chi connectivity index (χ1v) is 20.1. The van der Waals surface area contributed by atoms with Crippen molar-refractivity contribution in [3.63, 3.8) is 0 Å². The summed E-state index contributed by atoms with van der Waals surface area (Å²) in [5.74, 6) is 0. The van der Waals surface area contributed by atoms with Gasteiger partial charge in [0.1, 0.15) is 0 Å². The molecule has 0 heteroatoms. The summed E-state index contributed by atoms with van der Waals surface area (Å²) in [6.07, 6.45) is 0. The van der Waals surface area contributed by atoms with Crippen LogP contribution in [-0.4, -0.2) is 0 Å². The first-order chi connectivity index (χ1) is 28.8. The molecule has 58 heavy (non-hydrogen) atoms. The summed E-state index contributed by atoms with van der Waals surface area (Å²) in [6.45, 7) is 0. The average Bonchev–Trinajstić information content (AvgIpc) is 3.30. The second-order valence-corrected chi connectivity index (χ2v) is 15.2. The van der Waals surface area contributed by atoms with E-state index in [0.717, 1.165) is 0 Å². The molecule has 0 amide bonds. The molecular formula is C58H38. The van der Waals surface area contributed by atoms with Crippen molar-refractivity contribution in [3.8, 4) is 66.8 Å². The van der Waals surface area contributed by atoms with E-state index in [1.54, 1.807) is 0 Å². The number of benzene rings is 11. The van der Waals surface area contributed by atoms with E-state index in [9.17, 15) is 0 Å². The van der Waals surface area contributed by atoms with Gasteiger partial charge in [-0.15, -0.1) is 0 Å². The van der Waals surface area contributed by atoms with Crippen molar-refractivity contribution in [2.45, 2.75) is 0 Å². The van der Waals surface area contributed by atoms with Crippen LogP contribution in [0.1, 0.15) is 0 Å². The summed E-state index contributed by atoms with van der Waals surface area (Å²) >= 11 is 0. The third kappa shape index (κ3) is 5.86. The fourth-order valence-corrected chi connectivity index (χ4v) is 9.10. The van der Waals surface area contributed by atoms with Crippen LogP contribution in [0.5, 0.6) is 0 Å². The predicted molar refractivity (Wildman–Crippen MR) is 249 cm³/mol. The zero-order valence-corrected chi connectivity index (χ0v) is 31.9. The maximum Gasteiger partial charge on any atom is -0.00262 e. The lowest BCUT2D eigenvalue weighted by atomic mass is 9.84. The standard InChI is InChI=1S/C58H38/c1-4-15-39(16-5-1)42-27-28-45-37-49(30-29-44(45)35-42)58-54-25-12-10-23-52(54)57(53-24-11-13-26-55(53)58)48-22-14-21-46(38-48)50-34-32-47-36-43(40-17-6-2-7-18-40)31-33-51(47)56(50)41-19-8-3-9-20-41/h1-38H. The SMILES string of the molecule is c1ccc(-c2ccc3cc(-c4c5ccccc5c(-c5cccc(-c6ccc7cc(-c8ccccc8)ccc7c6-c6ccccc6)c5)c5ccccc45)ccc3c2)cc1. The van der Waals surface area contributed by atoms with Gasteiger partial charge in [0.05, 0.1) is 0 Å². The minimum Gasteiger partial charge on any atom is -0.0622 e. The van der Waals surface area contributed by atoms with Crippen LogP contribution in [-0.2, 0) is 0 Å². The van der Waals surface area contributed by atoms with E-state index >= 15 is 0 Å². The monoisotopic (exact) mass is 734 g/mol. The highest BCUT2D eigenvalue weighted by molar-refractivity contribution is 6.22. The van der Waals surface area contributed by atoms with Crippen LogP contribution in [0.2, 0.25) is 0 Å². The Bertz CT molecular complexity index is 3250. The predicted octanol–water partition coefficient (Wildman–Crippen LogP) is 16.3. The lowest BCUT2D eigenvalue weighted by Gasteiger charge is -2.19. The third-order valence-electron chi connectivity index (χ3n) is 11.8. The molecule has 0 aromatic heterocycles. The van der Waals surface area contributed by atoms with Crippen molar-refractivity contribution in [1.29, 1.82) is 0 Å². The van der Waals surface area contributed by atoms with Gasteiger partial charge < -0.3 is 0 Å². The molecule has 0 atom stereocenters. The molecule has 0 fully saturated rings. The Morgan fingerprint density at radius 2 is 0.569 bits per heavy atom. The van der Waals surface area contributed by atoms with Crippen molar-refractivity contribution in [3.05, 3.63) is 231 Å². The average molecular weight is 735 g/mol. The summed E-state index contributed by atoms with van der Waals surface area (Å²) in [7, 11) is 0. The molecule has 11 rings (SSSR count). The summed E-state index contributed by atoms with van der Waals surface area (Å²) in [5, 5.41) is 9.99. The summed E-state index contributed by atoms with van der Waals surface area (Å²) in [5.41, 5.74) is 14.8. The Hall–Kier alpha value is -7.54. The Morgan fingerprint density at radius 3 is 1.14 bits per heavy atom. The third-order valence-corrected chi connectivity index (χ3v) is 11.8.